The van der Waals surface area contributed by atoms with Crippen LogP contribution in [0.5, 0.6) is 17.2 Å². The summed E-state index contributed by atoms with van der Waals surface area (Å²) in [5.74, 6) is -1.08. The van der Waals surface area contributed by atoms with Crippen molar-refractivity contribution in [1.29, 1.82) is 0 Å². The molecule has 1 saturated heterocycles. The number of anilines is 2. The van der Waals surface area contributed by atoms with E-state index in [0.29, 0.717) is 17.7 Å². The lowest BCUT2D eigenvalue weighted by Crippen LogP contribution is -2.65. The maximum atomic E-state index is 13.1. The first-order chi connectivity index (χ1) is 23.7. The van der Waals surface area contributed by atoms with E-state index in [1.54, 1.807) is 51.1 Å². The normalized spacial score (nSPS) is 19.7. The molecule has 5 rings (SSSR count). The minimum atomic E-state index is -1.52. The SMILES string of the molecule is CO[C@@H]1[C@@H](OC(=O)Nc2ccccc2)[C@@H](O)[C@H](Oc2ccc3c(O)c(NC(=O)c4ccc(O)c(CC=C(C)C)c4)c(=O)oc3c2C)OC1(C)C. The molecule has 50 heavy (non-hydrogen) atoms. The van der Waals surface area contributed by atoms with Crippen molar-refractivity contribution in [2.45, 2.75) is 71.2 Å². The highest BCUT2D eigenvalue weighted by Crippen LogP contribution is 2.39. The molecule has 13 heteroatoms. The number of ether oxygens (including phenoxy) is 4. The molecule has 0 saturated carbocycles. The van der Waals surface area contributed by atoms with Gasteiger partial charge in [-0.3, -0.25) is 10.1 Å². The van der Waals surface area contributed by atoms with Crippen LogP contribution in [0.3, 0.4) is 0 Å². The van der Waals surface area contributed by atoms with Crippen LogP contribution in [0.1, 0.15) is 49.2 Å². The average Bonchev–Trinajstić information content (AvgIpc) is 3.06. The Balaban J connectivity index is 1.38. The zero-order chi connectivity index (χ0) is 36.3. The molecule has 2 amide bonds. The molecule has 0 aliphatic carbocycles. The fourth-order valence-electron chi connectivity index (χ4n) is 5.72. The molecule has 0 bridgehead atoms. The molecule has 2 heterocycles. The number of hydrogen-bond donors (Lipinski definition) is 5. The number of phenolic OH excluding ortho intramolecular Hbond substituents is 1. The highest BCUT2D eigenvalue weighted by atomic mass is 16.7. The van der Waals surface area contributed by atoms with Crippen molar-refractivity contribution in [3.05, 3.63) is 99.4 Å². The maximum Gasteiger partial charge on any atom is 0.412 e. The van der Waals surface area contributed by atoms with E-state index in [1.165, 1.54) is 37.4 Å². The zero-order valence-corrected chi connectivity index (χ0v) is 28.5. The van der Waals surface area contributed by atoms with Crippen molar-refractivity contribution in [2.24, 2.45) is 0 Å². The molecule has 5 N–H and O–H groups in total. The topological polar surface area (TPSA) is 186 Å². The summed E-state index contributed by atoms with van der Waals surface area (Å²) in [5, 5.41) is 37.8. The van der Waals surface area contributed by atoms with Crippen LogP contribution in [0.4, 0.5) is 16.2 Å². The summed E-state index contributed by atoms with van der Waals surface area (Å²) in [6.07, 6.45) is -3.52. The number of carbonyl (C=O) groups is 2. The number of hydrogen-bond acceptors (Lipinski definition) is 11. The molecule has 264 valence electrons. The summed E-state index contributed by atoms with van der Waals surface area (Å²) >= 11 is 0. The molecule has 1 fully saturated rings. The Bertz CT molecular complexity index is 1980. The molecule has 1 aliphatic rings. The van der Waals surface area contributed by atoms with E-state index in [2.05, 4.69) is 10.6 Å². The molecule has 1 aromatic heterocycles. The Morgan fingerprint density at radius 2 is 1.74 bits per heavy atom. The van der Waals surface area contributed by atoms with Crippen LogP contribution in [-0.4, -0.2) is 64.6 Å². The highest BCUT2D eigenvalue weighted by Gasteiger charge is 2.53. The maximum absolute atomic E-state index is 13.1. The van der Waals surface area contributed by atoms with Crippen molar-refractivity contribution in [1.82, 2.24) is 0 Å². The van der Waals surface area contributed by atoms with Crippen LogP contribution in [0.2, 0.25) is 0 Å². The fraction of sp³-hybridized carbons (Fsp3) is 0.324. The van der Waals surface area contributed by atoms with E-state index in [0.717, 1.165) is 5.57 Å². The van der Waals surface area contributed by atoms with Crippen LogP contribution in [-0.2, 0) is 20.6 Å². The minimum absolute atomic E-state index is 0.0189. The number of methoxy groups -OCH3 is 1. The number of rotatable bonds is 9. The Labute approximate surface area is 288 Å². The van der Waals surface area contributed by atoms with Gasteiger partial charge in [-0.05, 0) is 89.1 Å². The first-order valence-corrected chi connectivity index (χ1v) is 15.8. The number of para-hydroxylation sites is 1. The van der Waals surface area contributed by atoms with Gasteiger partial charge in [0.15, 0.2) is 23.6 Å². The van der Waals surface area contributed by atoms with E-state index in [1.807, 2.05) is 19.9 Å². The lowest BCUT2D eigenvalue weighted by Gasteiger charge is -2.47. The van der Waals surface area contributed by atoms with Crippen molar-refractivity contribution in [3.63, 3.8) is 0 Å². The van der Waals surface area contributed by atoms with Crippen LogP contribution in [0.15, 0.2) is 81.5 Å². The van der Waals surface area contributed by atoms with Gasteiger partial charge in [-0.15, -0.1) is 0 Å². The average molecular weight is 689 g/mol. The molecule has 4 aromatic rings. The van der Waals surface area contributed by atoms with Gasteiger partial charge >= 0.3 is 11.7 Å². The first kappa shape index (κ1) is 35.9. The summed E-state index contributed by atoms with van der Waals surface area (Å²) in [7, 11) is 1.40. The monoisotopic (exact) mass is 688 g/mol. The lowest BCUT2D eigenvalue weighted by molar-refractivity contribution is -0.304. The van der Waals surface area contributed by atoms with Gasteiger partial charge in [0, 0.05) is 23.9 Å². The number of aliphatic hydroxyl groups excluding tert-OH is 1. The second-order valence-corrected chi connectivity index (χ2v) is 12.7. The van der Waals surface area contributed by atoms with E-state index in [4.69, 9.17) is 23.4 Å². The molecule has 13 nitrogen and oxygen atoms in total. The predicted molar refractivity (Wildman–Crippen MR) is 185 cm³/mol. The molecule has 4 atom stereocenters. The van der Waals surface area contributed by atoms with Gasteiger partial charge in [0.1, 0.15) is 23.2 Å². The van der Waals surface area contributed by atoms with Crippen molar-refractivity contribution >= 4 is 34.3 Å². The highest BCUT2D eigenvalue weighted by molar-refractivity contribution is 6.06. The first-order valence-electron chi connectivity index (χ1n) is 15.8. The second-order valence-electron chi connectivity index (χ2n) is 12.7. The summed E-state index contributed by atoms with van der Waals surface area (Å²) in [4.78, 5) is 39.0. The van der Waals surface area contributed by atoms with E-state index in [-0.39, 0.29) is 33.6 Å². The van der Waals surface area contributed by atoms with Crippen molar-refractivity contribution < 1.29 is 48.3 Å². The molecule has 3 aromatic carbocycles. The predicted octanol–water partition coefficient (Wildman–Crippen LogP) is 5.78. The van der Waals surface area contributed by atoms with Crippen LogP contribution < -0.4 is 21.0 Å². The number of phenols is 1. The standard InChI is InChI=1S/C37H40N2O11/c1-19(2)12-13-21-18-22(14-16-25(21)40)33(43)39-27-28(41)24-15-17-26(20(3)30(24)48-34(27)44)47-35-29(42)31(32(46-6)37(4,5)50-35)49-36(45)38-23-10-8-7-9-11-23/h7-12,14-18,29,31-32,35,40-42H,13H2,1-6H3,(H,38,45)(H,39,43)/t29-,31+,32-,35-/m1/s1. The Morgan fingerprint density at radius 1 is 1.02 bits per heavy atom. The number of nitrogens with one attached hydrogen (secondary N) is 2. The number of fused-ring (bicyclic) bond motifs is 1. The second kappa shape index (κ2) is 14.6. The smallest absolute Gasteiger partial charge is 0.412 e. The summed E-state index contributed by atoms with van der Waals surface area (Å²) < 4.78 is 28.9. The van der Waals surface area contributed by atoms with Gasteiger partial charge in [0.2, 0.25) is 6.29 Å². The van der Waals surface area contributed by atoms with Crippen LogP contribution >= 0.6 is 0 Å². The lowest BCUT2D eigenvalue weighted by atomic mass is 9.89. The largest absolute Gasteiger partial charge is 0.508 e. The summed E-state index contributed by atoms with van der Waals surface area (Å²) in [5.41, 5.74) is -0.170. The third-order valence-electron chi connectivity index (χ3n) is 8.34. The third-order valence-corrected chi connectivity index (χ3v) is 8.34. The molecule has 1 aliphatic heterocycles. The molecule has 0 spiro atoms. The van der Waals surface area contributed by atoms with Gasteiger partial charge in [-0.25, -0.2) is 9.59 Å². The van der Waals surface area contributed by atoms with Gasteiger partial charge in [-0.2, -0.15) is 0 Å². The zero-order valence-electron chi connectivity index (χ0n) is 28.5. The van der Waals surface area contributed by atoms with Gasteiger partial charge in [0.05, 0.1) is 11.0 Å². The Hall–Kier alpha value is -5.37. The van der Waals surface area contributed by atoms with E-state index >= 15 is 0 Å². The summed E-state index contributed by atoms with van der Waals surface area (Å²) in [6.45, 7) is 8.78. The quantitative estimate of drug-likeness (QED) is 0.106. The van der Waals surface area contributed by atoms with Gasteiger partial charge in [0.25, 0.3) is 5.91 Å². The fourth-order valence-corrected chi connectivity index (χ4v) is 5.72. The number of carbonyl (C=O) groups excluding carboxylic acids is 2. The van der Waals surface area contributed by atoms with Crippen molar-refractivity contribution in [3.8, 4) is 17.2 Å². The number of allylic oxidation sites excluding steroid dienone is 2. The van der Waals surface area contributed by atoms with Gasteiger partial charge < -0.3 is 44.0 Å². The number of aryl methyl sites for hydroxylation is 1. The third kappa shape index (κ3) is 7.59. The van der Waals surface area contributed by atoms with Gasteiger partial charge in [-0.1, -0.05) is 29.8 Å². The minimum Gasteiger partial charge on any atom is -0.508 e. The molecule has 0 radical (unpaired) electrons. The molecular weight excluding hydrogens is 648 g/mol. The summed E-state index contributed by atoms with van der Waals surface area (Å²) in [6, 6.07) is 15.8. The van der Waals surface area contributed by atoms with Crippen LogP contribution in [0, 0.1) is 6.92 Å². The number of aromatic hydroxyl groups is 2. The number of amides is 2. The van der Waals surface area contributed by atoms with E-state index in [9.17, 15) is 29.7 Å². The van der Waals surface area contributed by atoms with E-state index < -0.39 is 59.3 Å². The Kier molecular flexibility index (Phi) is 10.5. The van der Waals surface area contributed by atoms with Crippen LogP contribution in [0.25, 0.3) is 11.0 Å². The number of aliphatic hydroxyl groups is 1. The molecular formula is C37H40N2O11. The number of benzene rings is 3. The Morgan fingerprint density at radius 3 is 2.42 bits per heavy atom. The van der Waals surface area contributed by atoms with Crippen molar-refractivity contribution in [2.75, 3.05) is 17.7 Å². The molecule has 0 unspecified atom stereocenters.